The minimum Gasteiger partial charge on any atom is -0.423 e. The normalized spacial score (nSPS) is 10.4. The van der Waals surface area contributed by atoms with Crippen LogP contribution in [0, 0.1) is 0 Å². The molecule has 0 aliphatic heterocycles. The molecule has 2 N–H and O–H groups in total. The Morgan fingerprint density at radius 3 is 2.00 bits per heavy atom. The molecule has 0 radical (unpaired) electrons. The zero-order chi connectivity index (χ0) is 9.14. The SMILES string of the molecule is CC(C)c1ccc(B(O)O)cc1.[HH].[HH]. The molecule has 0 saturated heterocycles. The first kappa shape index (κ1) is 9.29. The number of benzene rings is 1. The Hall–Kier alpha value is -0.795. The molecule has 1 rings (SSSR count). The fraction of sp³-hybridized carbons (Fsp3) is 0.333. The lowest BCUT2D eigenvalue weighted by Gasteiger charge is -2.05. The summed E-state index contributed by atoms with van der Waals surface area (Å²) < 4.78 is 0. The van der Waals surface area contributed by atoms with Gasteiger partial charge in [-0.3, -0.25) is 0 Å². The molecule has 0 aromatic heterocycles. The Labute approximate surface area is 76.0 Å². The van der Waals surface area contributed by atoms with Gasteiger partial charge < -0.3 is 10.0 Å². The van der Waals surface area contributed by atoms with Crippen LogP contribution in [0.3, 0.4) is 0 Å². The summed E-state index contributed by atoms with van der Waals surface area (Å²) in [5.41, 5.74) is 1.75. The third kappa shape index (κ3) is 2.09. The van der Waals surface area contributed by atoms with E-state index in [4.69, 9.17) is 10.0 Å². The molecule has 2 nitrogen and oxygen atoms in total. The minimum absolute atomic E-state index is 0. The van der Waals surface area contributed by atoms with Gasteiger partial charge in [0, 0.05) is 2.85 Å². The lowest BCUT2D eigenvalue weighted by atomic mass is 9.79. The number of hydrogen-bond donors (Lipinski definition) is 2. The second-order valence-electron chi connectivity index (χ2n) is 3.20. The maximum absolute atomic E-state index is 8.81. The van der Waals surface area contributed by atoms with Gasteiger partial charge in [0.1, 0.15) is 0 Å². The van der Waals surface area contributed by atoms with Gasteiger partial charge in [-0.05, 0) is 16.9 Å². The molecule has 12 heavy (non-hydrogen) atoms. The molecule has 0 atom stereocenters. The van der Waals surface area contributed by atoms with E-state index >= 15 is 0 Å². The van der Waals surface area contributed by atoms with Gasteiger partial charge in [0.25, 0.3) is 0 Å². The Balaban J connectivity index is 0. The molecule has 0 bridgehead atoms. The lowest BCUT2D eigenvalue weighted by Crippen LogP contribution is -2.29. The minimum atomic E-state index is -1.36. The molecule has 1 aromatic rings. The Morgan fingerprint density at radius 2 is 1.67 bits per heavy atom. The van der Waals surface area contributed by atoms with Crippen LogP contribution in [0.5, 0.6) is 0 Å². The molecule has 0 aliphatic carbocycles. The Bertz CT molecular complexity index is 222. The number of hydrogen-bond acceptors (Lipinski definition) is 2. The first-order valence-corrected chi connectivity index (χ1v) is 4.07. The van der Waals surface area contributed by atoms with Crippen LogP contribution in [-0.2, 0) is 0 Å². The van der Waals surface area contributed by atoms with Crippen molar-refractivity contribution in [3.8, 4) is 0 Å². The fourth-order valence-electron chi connectivity index (χ4n) is 1.05. The highest BCUT2D eigenvalue weighted by Crippen LogP contribution is 2.11. The van der Waals surface area contributed by atoms with Gasteiger partial charge in [-0.2, -0.15) is 0 Å². The standard InChI is InChI=1S/C9H13BO2.2H2/c1-7(2)8-3-5-9(6-4-8)10(11)12;;/h3-7,11-12H,1-2H3;2*1H. The third-order valence-corrected chi connectivity index (χ3v) is 1.90. The molecule has 0 saturated carbocycles. The Kier molecular flexibility index (Phi) is 2.90. The van der Waals surface area contributed by atoms with Gasteiger partial charge >= 0.3 is 7.12 Å². The predicted molar refractivity (Wildman–Crippen MR) is 54.6 cm³/mol. The largest absolute Gasteiger partial charge is 0.488 e. The van der Waals surface area contributed by atoms with Gasteiger partial charge in [0.05, 0.1) is 0 Å². The summed E-state index contributed by atoms with van der Waals surface area (Å²) in [6.07, 6.45) is 0. The summed E-state index contributed by atoms with van der Waals surface area (Å²) >= 11 is 0. The highest BCUT2D eigenvalue weighted by Gasteiger charge is 2.09. The van der Waals surface area contributed by atoms with Crippen LogP contribution in [0.25, 0.3) is 0 Å². The molecule has 0 amide bonds. The molecule has 0 fully saturated rings. The first-order valence-electron chi connectivity index (χ1n) is 4.07. The van der Waals surface area contributed by atoms with Crippen LogP contribution in [0.15, 0.2) is 24.3 Å². The average Bonchev–Trinajstić information content (AvgIpc) is 2.04. The van der Waals surface area contributed by atoms with Crippen molar-refractivity contribution < 1.29 is 12.9 Å². The summed E-state index contributed by atoms with van der Waals surface area (Å²) in [6.45, 7) is 4.20. The quantitative estimate of drug-likeness (QED) is 0.646. The van der Waals surface area contributed by atoms with Gasteiger partial charge in [-0.1, -0.05) is 38.1 Å². The zero-order valence-electron chi connectivity index (χ0n) is 7.36. The van der Waals surface area contributed by atoms with Crippen molar-refractivity contribution >= 4 is 12.6 Å². The van der Waals surface area contributed by atoms with E-state index in [0.717, 1.165) is 0 Å². The zero-order valence-corrected chi connectivity index (χ0v) is 7.36. The highest BCUT2D eigenvalue weighted by atomic mass is 16.4. The maximum Gasteiger partial charge on any atom is 0.488 e. The summed E-state index contributed by atoms with van der Waals surface area (Å²) in [5.74, 6) is 0.481. The van der Waals surface area contributed by atoms with Crippen LogP contribution < -0.4 is 5.46 Å². The summed E-state index contributed by atoms with van der Waals surface area (Å²) in [4.78, 5) is 0. The fourth-order valence-corrected chi connectivity index (χ4v) is 1.05. The van der Waals surface area contributed by atoms with Crippen molar-refractivity contribution in [3.05, 3.63) is 29.8 Å². The highest BCUT2D eigenvalue weighted by molar-refractivity contribution is 6.58. The Morgan fingerprint density at radius 1 is 1.17 bits per heavy atom. The van der Waals surface area contributed by atoms with E-state index in [-0.39, 0.29) is 2.85 Å². The van der Waals surface area contributed by atoms with E-state index in [1.165, 1.54) is 5.56 Å². The molecule has 0 aliphatic rings. The summed E-state index contributed by atoms with van der Waals surface area (Å²) in [7, 11) is -1.36. The molecular weight excluding hydrogens is 151 g/mol. The smallest absolute Gasteiger partial charge is 0.423 e. The molecule has 0 spiro atoms. The van der Waals surface area contributed by atoms with E-state index in [1.807, 2.05) is 12.1 Å². The number of rotatable bonds is 2. The van der Waals surface area contributed by atoms with Crippen LogP contribution in [0.4, 0.5) is 0 Å². The van der Waals surface area contributed by atoms with Gasteiger partial charge in [0.15, 0.2) is 0 Å². The van der Waals surface area contributed by atoms with Crippen molar-refractivity contribution in [2.75, 3.05) is 0 Å². The first-order chi connectivity index (χ1) is 5.61. The van der Waals surface area contributed by atoms with Crippen molar-refractivity contribution in [2.24, 2.45) is 0 Å². The van der Waals surface area contributed by atoms with E-state index in [1.54, 1.807) is 12.1 Å². The van der Waals surface area contributed by atoms with Gasteiger partial charge in [-0.25, -0.2) is 0 Å². The lowest BCUT2D eigenvalue weighted by molar-refractivity contribution is 0.426. The van der Waals surface area contributed by atoms with E-state index in [2.05, 4.69) is 13.8 Å². The average molecular weight is 168 g/mol. The summed E-state index contributed by atoms with van der Waals surface area (Å²) in [6, 6.07) is 7.30. The monoisotopic (exact) mass is 168 g/mol. The molecule has 0 unspecified atom stereocenters. The van der Waals surface area contributed by atoms with Gasteiger partial charge in [-0.15, -0.1) is 0 Å². The van der Waals surface area contributed by atoms with Crippen LogP contribution in [0.2, 0.25) is 0 Å². The molecular formula is C9H17BO2. The van der Waals surface area contributed by atoms with Gasteiger partial charge in [0.2, 0.25) is 0 Å². The van der Waals surface area contributed by atoms with Crippen molar-refractivity contribution in [1.29, 1.82) is 0 Å². The molecule has 0 heterocycles. The van der Waals surface area contributed by atoms with Crippen molar-refractivity contribution in [3.63, 3.8) is 0 Å². The summed E-state index contributed by atoms with van der Waals surface area (Å²) in [5, 5.41) is 17.6. The van der Waals surface area contributed by atoms with Crippen LogP contribution in [-0.4, -0.2) is 17.2 Å². The van der Waals surface area contributed by atoms with Crippen LogP contribution in [0.1, 0.15) is 28.2 Å². The molecule has 68 valence electrons. The second kappa shape index (κ2) is 3.74. The second-order valence-corrected chi connectivity index (χ2v) is 3.20. The maximum atomic E-state index is 8.81. The van der Waals surface area contributed by atoms with E-state index in [9.17, 15) is 0 Å². The topological polar surface area (TPSA) is 40.5 Å². The molecule has 3 heteroatoms. The predicted octanol–water partition coefficient (Wildman–Crippen LogP) is 0.982. The van der Waals surface area contributed by atoms with Crippen molar-refractivity contribution in [1.82, 2.24) is 0 Å². The van der Waals surface area contributed by atoms with Crippen LogP contribution >= 0.6 is 0 Å². The van der Waals surface area contributed by atoms with Crippen molar-refractivity contribution in [2.45, 2.75) is 19.8 Å². The van der Waals surface area contributed by atoms with E-state index < -0.39 is 7.12 Å². The van der Waals surface area contributed by atoms with E-state index in [0.29, 0.717) is 11.4 Å². The molecule has 1 aromatic carbocycles. The third-order valence-electron chi connectivity index (χ3n) is 1.90.